The number of imide groups is 1. The Morgan fingerprint density at radius 2 is 1.89 bits per heavy atom. The van der Waals surface area contributed by atoms with E-state index in [1.165, 1.54) is 24.1 Å². The monoisotopic (exact) mass is 807 g/mol. The Kier molecular flexibility index (Phi) is 11.3. The molecule has 17 nitrogen and oxygen atoms in total. The van der Waals surface area contributed by atoms with Gasteiger partial charge in [0, 0.05) is 47.5 Å². The minimum atomic E-state index is -1.85. The quantitative estimate of drug-likeness (QED) is 0.0594. The molecule has 302 valence electrons. The number of nitrogens with one attached hydrogen (secondary N) is 6. The van der Waals surface area contributed by atoms with Crippen LogP contribution in [0.5, 0.6) is 5.75 Å². The zero-order valence-electron chi connectivity index (χ0n) is 30.9. The third-order valence-electron chi connectivity index (χ3n) is 10.8. The Morgan fingerprint density at radius 1 is 1.07 bits per heavy atom. The summed E-state index contributed by atoms with van der Waals surface area (Å²) < 4.78 is 26.4. The molecule has 3 saturated heterocycles. The van der Waals surface area contributed by atoms with Gasteiger partial charge in [0.15, 0.2) is 5.54 Å². The average molecular weight is 808 g/mol. The highest BCUT2D eigenvalue weighted by Crippen LogP contribution is 2.36. The van der Waals surface area contributed by atoms with Gasteiger partial charge in [0.1, 0.15) is 29.0 Å². The Balaban J connectivity index is 0.903. The van der Waals surface area contributed by atoms with Crippen molar-refractivity contribution in [3.05, 3.63) is 64.7 Å². The van der Waals surface area contributed by atoms with Gasteiger partial charge in [0.2, 0.25) is 5.91 Å². The van der Waals surface area contributed by atoms with Crippen LogP contribution in [0.3, 0.4) is 0 Å². The fraction of sp³-hybridized carbons (Fsp3) is 0.447. The van der Waals surface area contributed by atoms with Crippen LogP contribution in [0, 0.1) is 5.82 Å². The summed E-state index contributed by atoms with van der Waals surface area (Å²) in [5.74, 6) is -3.09. The predicted molar refractivity (Wildman–Crippen MR) is 202 cm³/mol. The number of ether oxygens (including phenoxy) is 1. The lowest BCUT2D eigenvalue weighted by molar-refractivity contribution is -0.142. The number of hydrogen-bond donors (Lipinski definition) is 7. The van der Waals surface area contributed by atoms with E-state index in [4.69, 9.17) is 9.15 Å². The van der Waals surface area contributed by atoms with Crippen molar-refractivity contribution < 1.29 is 52.2 Å². The average Bonchev–Trinajstić information content (AvgIpc) is 3.98. The van der Waals surface area contributed by atoms with Gasteiger partial charge in [-0.05, 0) is 61.9 Å². The van der Waals surface area contributed by atoms with Crippen molar-refractivity contribution in [3.8, 4) is 5.75 Å². The molecule has 0 saturated carbocycles. The van der Waals surface area contributed by atoms with Crippen molar-refractivity contribution in [2.24, 2.45) is 0 Å². The van der Waals surface area contributed by atoms with Gasteiger partial charge in [-0.25, -0.2) is 18.8 Å². The van der Waals surface area contributed by atoms with Crippen molar-refractivity contribution in [1.82, 2.24) is 36.8 Å². The van der Waals surface area contributed by atoms with Crippen LogP contribution in [0.2, 0.25) is 0 Å². The smallest absolute Gasteiger partial charge is 0.326 e. The highest BCUT2D eigenvalue weighted by atomic mass is 32.2. The van der Waals surface area contributed by atoms with E-state index < -0.39 is 41.2 Å². The van der Waals surface area contributed by atoms with Crippen LogP contribution >= 0.6 is 11.8 Å². The topological polar surface area (TPSA) is 238 Å². The van der Waals surface area contributed by atoms with Gasteiger partial charge in [0.25, 0.3) is 17.7 Å². The first-order valence-corrected chi connectivity index (χ1v) is 19.7. The number of methoxy groups -OCH3 is 1. The number of unbranched alkanes of at least 4 members (excludes halogenated alkanes) is 2. The molecule has 0 spiro atoms. The molecule has 0 aliphatic carbocycles. The Bertz CT molecular complexity index is 2150. The van der Waals surface area contributed by atoms with Gasteiger partial charge in [-0.1, -0.05) is 12.5 Å². The van der Waals surface area contributed by atoms with E-state index in [9.17, 15) is 38.7 Å². The van der Waals surface area contributed by atoms with Crippen molar-refractivity contribution in [2.45, 2.75) is 80.4 Å². The predicted octanol–water partition coefficient (Wildman–Crippen LogP) is 2.47. The molecule has 3 aromatic rings. The van der Waals surface area contributed by atoms with Crippen LogP contribution in [0.4, 0.5) is 14.0 Å². The molecular weight excluding hydrogens is 766 g/mol. The van der Waals surface area contributed by atoms with Crippen molar-refractivity contribution >= 4 is 64.4 Å². The fourth-order valence-corrected chi connectivity index (χ4v) is 9.29. The molecule has 4 aliphatic rings. The summed E-state index contributed by atoms with van der Waals surface area (Å²) in [5, 5.41) is 26.0. The van der Waals surface area contributed by atoms with Gasteiger partial charge in [-0.15, -0.1) is 0 Å². The Morgan fingerprint density at radius 3 is 2.65 bits per heavy atom. The molecule has 8 amide bonds. The van der Waals surface area contributed by atoms with E-state index in [0.717, 1.165) is 24.7 Å². The fourth-order valence-electron chi connectivity index (χ4n) is 7.75. The number of benzene rings is 2. The Labute approximate surface area is 329 Å². The number of carbonyl (C=O) groups excluding carboxylic acids is 6. The lowest BCUT2D eigenvalue weighted by Crippen LogP contribution is -2.52. The number of amides is 8. The van der Waals surface area contributed by atoms with E-state index in [-0.39, 0.29) is 89.9 Å². The third-order valence-corrected chi connectivity index (χ3v) is 12.3. The molecule has 5 atom stereocenters. The maximum atomic E-state index is 15.3. The molecule has 1 aromatic heterocycles. The number of aliphatic carboxylic acids is 1. The summed E-state index contributed by atoms with van der Waals surface area (Å²) in [6.45, 7) is -0.0567. The largest absolute Gasteiger partial charge is 0.497 e. The molecule has 3 fully saturated rings. The number of fused-ring (bicyclic) bond motifs is 3. The molecule has 4 aliphatic heterocycles. The van der Waals surface area contributed by atoms with Crippen LogP contribution < -0.4 is 36.6 Å². The number of hydrogen-bond acceptors (Lipinski definition) is 10. The second kappa shape index (κ2) is 16.3. The summed E-state index contributed by atoms with van der Waals surface area (Å²) in [4.78, 5) is 89.4. The lowest BCUT2D eigenvalue weighted by atomic mass is 9.95. The van der Waals surface area contributed by atoms with Crippen LogP contribution in [0.25, 0.3) is 11.0 Å². The van der Waals surface area contributed by atoms with Crippen LogP contribution in [-0.2, 0) is 26.5 Å². The van der Waals surface area contributed by atoms with Gasteiger partial charge >= 0.3 is 18.0 Å². The highest BCUT2D eigenvalue weighted by Gasteiger charge is 2.53. The maximum absolute atomic E-state index is 15.3. The zero-order valence-corrected chi connectivity index (χ0v) is 31.7. The van der Waals surface area contributed by atoms with Gasteiger partial charge in [0.05, 0.1) is 31.3 Å². The first-order valence-electron chi connectivity index (χ1n) is 18.7. The number of carboxylic acid groups (broad SMARTS) is 1. The van der Waals surface area contributed by atoms with E-state index in [1.54, 1.807) is 30.0 Å². The summed E-state index contributed by atoms with van der Waals surface area (Å²) in [6, 6.07) is 6.84. The molecule has 5 heterocycles. The van der Waals surface area contributed by atoms with Gasteiger partial charge in [-0.3, -0.25) is 24.5 Å². The zero-order chi connectivity index (χ0) is 40.4. The SMILES string of the molecule is COc1ccc2c(c1)C(=O)N(C[C@@]1(c3cc4cc(C(=O)NCCCC[C@H](NC(=O)CCCC[C@@H]5SCC6NC(=O)NC65)C(=O)O)c(F)cc4o3)NC(=O)NC1=O)C2. The first-order chi connectivity index (χ1) is 27.3. The van der Waals surface area contributed by atoms with E-state index in [0.29, 0.717) is 36.1 Å². The number of urea groups is 2. The van der Waals surface area contributed by atoms with Crippen molar-refractivity contribution in [3.63, 3.8) is 0 Å². The van der Waals surface area contributed by atoms with Crippen LogP contribution in [0.1, 0.15) is 77.0 Å². The second-order valence-corrected chi connectivity index (χ2v) is 15.8. The van der Waals surface area contributed by atoms with E-state index in [2.05, 4.69) is 31.9 Å². The number of carboxylic acids is 1. The standard InChI is InChI=1S/C38H42FN7O10S/c1-55-21-10-9-19-16-46(33(49)22(19)14-21)18-38(35(52)44-37(54)45-38)29-13-20-12-23(24(39)15-27(20)56-29)32(48)40-11-5-4-6-25(34(50)51)41-30(47)8-3-2-7-28-31-26(17-57-28)42-36(53)43-31/h9-10,12-15,25-26,28,31H,2-8,11,16-18H2,1H3,(H,40,48)(H,41,47)(H,50,51)(H2,42,43,53)(H2,44,45,52,54)/t25-,26?,28-,31?,38-/m0/s1. The van der Waals surface area contributed by atoms with Crippen molar-refractivity contribution in [1.29, 1.82) is 0 Å². The lowest BCUT2D eigenvalue weighted by Gasteiger charge is -2.29. The van der Waals surface area contributed by atoms with Crippen LogP contribution in [-0.4, -0.2) is 101 Å². The number of nitrogens with zero attached hydrogens (tertiary/aromatic N) is 1. The molecule has 0 bridgehead atoms. The van der Waals surface area contributed by atoms with Crippen molar-refractivity contribution in [2.75, 3.05) is 26.0 Å². The van der Waals surface area contributed by atoms with E-state index in [1.807, 2.05) is 0 Å². The minimum absolute atomic E-state index is 0.00234. The third kappa shape index (κ3) is 8.19. The first kappa shape index (κ1) is 39.4. The highest BCUT2D eigenvalue weighted by molar-refractivity contribution is 8.00. The molecule has 2 aromatic carbocycles. The molecular formula is C38H42FN7O10S. The molecule has 7 rings (SSSR count). The minimum Gasteiger partial charge on any atom is -0.497 e. The summed E-state index contributed by atoms with van der Waals surface area (Å²) in [6.07, 6.45) is 3.18. The number of rotatable bonds is 17. The summed E-state index contributed by atoms with van der Waals surface area (Å²) in [5.41, 5.74) is -1.07. The van der Waals surface area contributed by atoms with E-state index >= 15 is 4.39 Å². The number of carbonyl (C=O) groups is 7. The van der Waals surface area contributed by atoms with Gasteiger partial charge < -0.3 is 45.7 Å². The molecule has 2 unspecified atom stereocenters. The van der Waals surface area contributed by atoms with Crippen LogP contribution in [0.15, 0.2) is 40.8 Å². The molecule has 0 radical (unpaired) electrons. The summed E-state index contributed by atoms with van der Waals surface area (Å²) >= 11 is 1.79. The number of furan rings is 1. The molecule has 57 heavy (non-hydrogen) atoms. The Hall–Kier alpha value is -5.85. The number of thioether (sulfide) groups is 1. The molecule has 19 heteroatoms. The molecule has 7 N–H and O–H groups in total. The summed E-state index contributed by atoms with van der Waals surface area (Å²) in [7, 11) is 1.47. The maximum Gasteiger partial charge on any atom is 0.326 e. The number of halogens is 1. The normalized spacial score (nSPS) is 22.7. The van der Waals surface area contributed by atoms with Gasteiger partial charge in [-0.2, -0.15) is 11.8 Å². The second-order valence-electron chi connectivity index (χ2n) is 14.6.